The summed E-state index contributed by atoms with van der Waals surface area (Å²) < 4.78 is 6.63. The van der Waals surface area contributed by atoms with Crippen LogP contribution in [0, 0.1) is 45.3 Å². The van der Waals surface area contributed by atoms with Gasteiger partial charge in [0.05, 0.1) is 29.5 Å². The number of ether oxygens (including phenoxy) is 1. The average Bonchev–Trinajstić information content (AvgIpc) is 3.30. The van der Waals surface area contributed by atoms with Crippen LogP contribution in [0.25, 0.3) is 0 Å². The monoisotopic (exact) mass is 490 g/mol. The maximum absolute atomic E-state index is 12.9. The maximum Gasteiger partial charge on any atom is 0.138 e. The summed E-state index contributed by atoms with van der Waals surface area (Å²) in [6, 6.07) is 0. The van der Waals surface area contributed by atoms with Crippen molar-refractivity contribution in [3.05, 3.63) is 0 Å². The van der Waals surface area contributed by atoms with E-state index in [4.69, 9.17) is 4.74 Å². The zero-order valence-electron chi connectivity index (χ0n) is 23.4. The van der Waals surface area contributed by atoms with Crippen molar-refractivity contribution in [3.8, 4) is 0 Å². The first kappa shape index (κ1) is 26.1. The Morgan fingerprint density at radius 3 is 2.17 bits per heavy atom. The molecule has 35 heavy (non-hydrogen) atoms. The average molecular weight is 491 g/mol. The Morgan fingerprint density at radius 1 is 0.914 bits per heavy atom. The Hall–Kier alpha value is -0.490. The zero-order chi connectivity index (χ0) is 26.0. The molecule has 0 radical (unpaired) electrons. The van der Waals surface area contributed by atoms with Gasteiger partial charge in [0.1, 0.15) is 5.78 Å². The summed E-state index contributed by atoms with van der Waals surface area (Å²) in [6.07, 6.45) is 5.50. The molecule has 1 aliphatic heterocycles. The molecule has 3 N–H and O–H groups in total. The lowest BCUT2D eigenvalue weighted by Gasteiger charge is -2.70. The largest absolute Gasteiger partial charge is 0.393 e. The van der Waals surface area contributed by atoms with Crippen molar-refractivity contribution in [1.29, 1.82) is 0 Å². The molecular formula is C30H50O5. The Bertz CT molecular complexity index is 892. The molecule has 0 spiro atoms. The Morgan fingerprint density at radius 2 is 1.57 bits per heavy atom. The molecule has 4 aliphatic carbocycles. The summed E-state index contributed by atoms with van der Waals surface area (Å²) in [7, 11) is 0. The number of hydrogen-bond donors (Lipinski definition) is 3. The molecule has 0 aromatic heterocycles. The minimum atomic E-state index is -0.871. The fourth-order valence-electron chi connectivity index (χ4n) is 11.1. The first-order valence-corrected chi connectivity index (χ1v) is 14.2. The van der Waals surface area contributed by atoms with Gasteiger partial charge in [-0.1, -0.05) is 34.6 Å². The topological polar surface area (TPSA) is 87.0 Å². The molecule has 5 nitrogen and oxygen atoms in total. The molecule has 0 bridgehead atoms. The van der Waals surface area contributed by atoms with Gasteiger partial charge in [-0.05, 0) is 99.7 Å². The summed E-state index contributed by atoms with van der Waals surface area (Å²) in [6.45, 7) is 17.0. The van der Waals surface area contributed by atoms with E-state index in [2.05, 4.69) is 27.7 Å². The standard InChI is InChI=1S/C30H50O5/c1-25(2)21(33)10-12-27(5)20-15-18(31)23-17(30(8)14-11-22(35-30)26(3,4)34)9-13-28(23,6)29(20,7)16-19(32)24(25)27/h17-20,22-24,31-32,34H,9-16H2,1-8H3/t17?,18-,19+,20?,22-,23?,24?,27-,28-,29-,30+/m1/s1. The highest BCUT2D eigenvalue weighted by Gasteiger charge is 2.73. The number of carbonyl (C=O) groups is 1. The third-order valence-electron chi connectivity index (χ3n) is 12.9. The number of hydrogen-bond acceptors (Lipinski definition) is 5. The smallest absolute Gasteiger partial charge is 0.138 e. The normalized spacial score (nSPS) is 55.9. The van der Waals surface area contributed by atoms with E-state index in [1.165, 1.54) is 0 Å². The van der Waals surface area contributed by atoms with Crippen LogP contribution in [0.4, 0.5) is 0 Å². The summed E-state index contributed by atoms with van der Waals surface area (Å²) in [5, 5.41) is 34.2. The van der Waals surface area contributed by atoms with Crippen LogP contribution in [0.15, 0.2) is 0 Å². The van der Waals surface area contributed by atoms with E-state index in [0.29, 0.717) is 12.8 Å². The van der Waals surface area contributed by atoms with E-state index in [0.717, 1.165) is 38.5 Å². The second kappa shape index (κ2) is 7.55. The highest BCUT2D eigenvalue weighted by atomic mass is 16.5. The molecule has 11 atom stereocenters. The molecule has 0 aromatic rings. The fourth-order valence-corrected chi connectivity index (χ4v) is 11.1. The van der Waals surface area contributed by atoms with E-state index < -0.39 is 23.2 Å². The van der Waals surface area contributed by atoms with Crippen LogP contribution in [0.5, 0.6) is 0 Å². The summed E-state index contributed by atoms with van der Waals surface area (Å²) in [5.74, 6) is 0.825. The van der Waals surface area contributed by atoms with Crippen molar-refractivity contribution >= 4 is 5.78 Å². The number of rotatable bonds is 2. The first-order valence-electron chi connectivity index (χ1n) is 14.2. The van der Waals surface area contributed by atoms with E-state index in [-0.39, 0.29) is 57.4 Å². The van der Waals surface area contributed by atoms with Crippen molar-refractivity contribution in [2.24, 2.45) is 45.3 Å². The molecule has 5 heteroatoms. The van der Waals surface area contributed by atoms with Crippen LogP contribution in [-0.4, -0.2) is 50.6 Å². The van der Waals surface area contributed by atoms with E-state index in [9.17, 15) is 20.1 Å². The lowest BCUT2D eigenvalue weighted by molar-refractivity contribution is -0.259. The van der Waals surface area contributed by atoms with Crippen LogP contribution >= 0.6 is 0 Å². The number of aliphatic hydroxyl groups excluding tert-OH is 2. The predicted octanol–water partition coefficient (Wildman–Crippen LogP) is 4.89. The molecule has 0 amide bonds. The number of aliphatic hydroxyl groups is 3. The van der Waals surface area contributed by atoms with E-state index in [1.54, 1.807) is 0 Å². The minimum absolute atomic E-state index is 0.0675. The van der Waals surface area contributed by atoms with Gasteiger partial charge in [0.2, 0.25) is 0 Å². The highest BCUT2D eigenvalue weighted by Crippen LogP contribution is 2.75. The van der Waals surface area contributed by atoms with Crippen molar-refractivity contribution in [3.63, 3.8) is 0 Å². The Labute approximate surface area is 212 Å². The summed E-state index contributed by atoms with van der Waals surface area (Å²) >= 11 is 0. The van der Waals surface area contributed by atoms with Gasteiger partial charge in [0.15, 0.2) is 0 Å². The number of fused-ring (bicyclic) bond motifs is 5. The van der Waals surface area contributed by atoms with Gasteiger partial charge in [0, 0.05) is 17.8 Å². The van der Waals surface area contributed by atoms with Gasteiger partial charge >= 0.3 is 0 Å². The van der Waals surface area contributed by atoms with Crippen molar-refractivity contribution in [2.75, 3.05) is 0 Å². The third-order valence-corrected chi connectivity index (χ3v) is 12.9. The SMILES string of the molecule is CC1(C)C(=O)CC[C@@]2(C)C1[C@@H](O)C[C@]1(C)C2C[C@@H](O)C2C([C@]3(C)CC[C@H](C(C)(C)O)O3)CC[C@]21C. The molecule has 5 fully saturated rings. The number of ketones is 1. The molecule has 0 aromatic carbocycles. The fraction of sp³-hybridized carbons (Fsp3) is 0.967. The van der Waals surface area contributed by atoms with Crippen LogP contribution in [-0.2, 0) is 9.53 Å². The highest BCUT2D eigenvalue weighted by molar-refractivity contribution is 5.85. The van der Waals surface area contributed by atoms with Crippen molar-refractivity contribution in [2.45, 2.75) is 136 Å². The molecule has 5 rings (SSSR count). The molecule has 4 saturated carbocycles. The van der Waals surface area contributed by atoms with Crippen LogP contribution in [0.2, 0.25) is 0 Å². The van der Waals surface area contributed by atoms with Gasteiger partial charge in [0.25, 0.3) is 0 Å². The lowest BCUT2D eigenvalue weighted by Crippen LogP contribution is -2.69. The first-order chi connectivity index (χ1) is 15.9. The van der Waals surface area contributed by atoms with Crippen LogP contribution in [0.3, 0.4) is 0 Å². The van der Waals surface area contributed by atoms with Gasteiger partial charge in [-0.3, -0.25) is 4.79 Å². The van der Waals surface area contributed by atoms with Gasteiger partial charge in [-0.15, -0.1) is 0 Å². The minimum Gasteiger partial charge on any atom is -0.393 e. The predicted molar refractivity (Wildman–Crippen MR) is 136 cm³/mol. The summed E-state index contributed by atoms with van der Waals surface area (Å²) in [5.41, 5.74) is -2.15. The Balaban J connectivity index is 1.52. The van der Waals surface area contributed by atoms with Crippen LogP contribution < -0.4 is 0 Å². The molecule has 5 aliphatic rings. The number of Topliss-reactive ketones (excluding diaryl/α,β-unsaturated/α-hetero) is 1. The second-order valence-corrected chi connectivity index (χ2v) is 15.4. The number of carbonyl (C=O) groups excluding carboxylic acids is 1. The van der Waals surface area contributed by atoms with Gasteiger partial charge < -0.3 is 20.1 Å². The molecule has 1 heterocycles. The molecule has 1 saturated heterocycles. The Kier molecular flexibility index (Phi) is 5.63. The molecule has 200 valence electrons. The zero-order valence-corrected chi connectivity index (χ0v) is 23.4. The maximum atomic E-state index is 12.9. The van der Waals surface area contributed by atoms with Crippen LogP contribution in [0.1, 0.15) is 107 Å². The third kappa shape index (κ3) is 3.29. The van der Waals surface area contributed by atoms with Crippen molar-refractivity contribution < 1.29 is 24.9 Å². The quantitative estimate of drug-likeness (QED) is 0.513. The van der Waals surface area contributed by atoms with Gasteiger partial charge in [-0.2, -0.15) is 0 Å². The van der Waals surface area contributed by atoms with E-state index in [1.807, 2.05) is 27.7 Å². The van der Waals surface area contributed by atoms with E-state index >= 15 is 0 Å². The second-order valence-electron chi connectivity index (χ2n) is 15.4. The van der Waals surface area contributed by atoms with Crippen molar-refractivity contribution in [1.82, 2.24) is 0 Å². The molecular weight excluding hydrogens is 440 g/mol. The summed E-state index contributed by atoms with van der Waals surface area (Å²) in [4.78, 5) is 12.9. The lowest BCUT2D eigenvalue weighted by atomic mass is 9.34. The van der Waals surface area contributed by atoms with Gasteiger partial charge in [-0.25, -0.2) is 0 Å². The molecule has 4 unspecified atom stereocenters.